The number of likely N-dealkylation sites (tertiary alicyclic amines) is 1. The van der Waals surface area contributed by atoms with Crippen molar-refractivity contribution < 1.29 is 14.3 Å². The first-order valence-electron chi connectivity index (χ1n) is 12.1. The molecule has 0 N–H and O–H groups in total. The van der Waals surface area contributed by atoms with E-state index in [0.29, 0.717) is 6.61 Å². The number of aryl methyl sites for hydroxylation is 1. The van der Waals surface area contributed by atoms with Gasteiger partial charge in [-0.05, 0) is 111 Å². The Balaban J connectivity index is 1.47. The maximum Gasteiger partial charge on any atom is 0.410 e. The summed E-state index contributed by atoms with van der Waals surface area (Å²) >= 11 is 8.71. The van der Waals surface area contributed by atoms with E-state index in [4.69, 9.17) is 21.1 Å². The predicted octanol–water partition coefficient (Wildman–Crippen LogP) is 6.43. The largest absolute Gasteiger partial charge is 0.490 e. The number of amides is 1. The van der Waals surface area contributed by atoms with Crippen molar-refractivity contribution in [1.29, 1.82) is 0 Å². The molecule has 0 radical (unpaired) electrons. The molecular formula is C27H32ClIN2O3. The van der Waals surface area contributed by atoms with Crippen molar-refractivity contribution in [2.24, 2.45) is 0 Å². The van der Waals surface area contributed by atoms with Crippen LogP contribution in [0.3, 0.4) is 0 Å². The highest BCUT2D eigenvalue weighted by Gasteiger charge is 2.44. The predicted molar refractivity (Wildman–Crippen MR) is 144 cm³/mol. The van der Waals surface area contributed by atoms with Crippen LogP contribution in [0.15, 0.2) is 36.4 Å². The zero-order chi connectivity index (χ0) is 24.1. The maximum atomic E-state index is 12.8. The van der Waals surface area contributed by atoms with Crippen molar-refractivity contribution in [2.45, 2.75) is 63.5 Å². The topological polar surface area (TPSA) is 42.0 Å². The van der Waals surface area contributed by atoms with E-state index in [0.717, 1.165) is 61.8 Å². The number of ether oxygens (including phenoxy) is 2. The first-order valence-corrected chi connectivity index (χ1v) is 13.6. The number of halogens is 2. The van der Waals surface area contributed by atoms with E-state index in [1.165, 1.54) is 14.7 Å². The zero-order valence-corrected chi connectivity index (χ0v) is 23.0. The van der Waals surface area contributed by atoms with Crippen LogP contribution in [-0.2, 0) is 16.6 Å². The summed E-state index contributed by atoms with van der Waals surface area (Å²) in [7, 11) is 0. The molecule has 2 aromatic carbocycles. The first kappa shape index (κ1) is 24.0. The third kappa shape index (κ3) is 4.72. The molecule has 0 aromatic heterocycles. The van der Waals surface area contributed by atoms with Crippen molar-refractivity contribution in [2.75, 3.05) is 31.1 Å². The van der Waals surface area contributed by atoms with Gasteiger partial charge in [0, 0.05) is 33.6 Å². The minimum atomic E-state index is -0.493. The van der Waals surface area contributed by atoms with Crippen molar-refractivity contribution in [3.63, 3.8) is 0 Å². The quantitative estimate of drug-likeness (QED) is 0.376. The van der Waals surface area contributed by atoms with E-state index in [2.05, 4.69) is 57.8 Å². The highest BCUT2D eigenvalue weighted by molar-refractivity contribution is 14.1. The van der Waals surface area contributed by atoms with Crippen LogP contribution in [0.2, 0.25) is 5.02 Å². The molecule has 0 bridgehead atoms. The minimum absolute atomic E-state index is 0.108. The molecule has 2 aromatic rings. The molecule has 5 rings (SSSR count). The summed E-state index contributed by atoms with van der Waals surface area (Å²) in [6, 6.07) is 12.9. The molecule has 1 saturated heterocycles. The summed E-state index contributed by atoms with van der Waals surface area (Å²) in [4.78, 5) is 17.1. The highest BCUT2D eigenvalue weighted by atomic mass is 127. The van der Waals surface area contributed by atoms with E-state index in [-0.39, 0.29) is 17.6 Å². The number of rotatable bonds is 2. The van der Waals surface area contributed by atoms with Crippen molar-refractivity contribution in [3.8, 4) is 5.75 Å². The third-order valence-electron chi connectivity index (χ3n) is 7.20. The zero-order valence-electron chi connectivity index (χ0n) is 20.1. The molecule has 34 heavy (non-hydrogen) atoms. The molecule has 0 unspecified atom stereocenters. The Hall–Kier alpha value is -1.67. The fraction of sp³-hybridized carbons (Fsp3) is 0.519. The highest BCUT2D eigenvalue weighted by Crippen LogP contribution is 2.45. The van der Waals surface area contributed by atoms with Crippen LogP contribution in [0, 0.1) is 3.57 Å². The number of hydrogen-bond donors (Lipinski definition) is 0. The van der Waals surface area contributed by atoms with Crippen LogP contribution in [0.1, 0.15) is 51.2 Å². The summed E-state index contributed by atoms with van der Waals surface area (Å²) in [5.41, 5.74) is 3.20. The number of benzene rings is 2. The van der Waals surface area contributed by atoms with Gasteiger partial charge in [-0.2, -0.15) is 0 Å². The Morgan fingerprint density at radius 2 is 2.09 bits per heavy atom. The lowest BCUT2D eigenvalue weighted by Gasteiger charge is -2.46. The fourth-order valence-corrected chi connectivity index (χ4v) is 6.20. The maximum absolute atomic E-state index is 12.8. The van der Waals surface area contributed by atoms with Crippen molar-refractivity contribution >= 4 is 46.0 Å². The molecule has 1 spiro atoms. The standard InChI is InChI=1S/C27H32ClIN2O3/c1-26(2,3)34-25(32)31-12-10-21(31)15-30-16-27(17-33-24-9-7-20(29)14-23(24)30)11-4-5-18-13-19(28)6-8-22(18)27/h6-9,13-14,21H,4-5,10-12,15-17H2,1-3H3/t21-,27+/m1/s1. The monoisotopic (exact) mass is 594 g/mol. The molecule has 1 fully saturated rings. The number of anilines is 1. The summed E-state index contributed by atoms with van der Waals surface area (Å²) in [6.07, 6.45) is 4.01. The van der Waals surface area contributed by atoms with Crippen LogP contribution < -0.4 is 9.64 Å². The molecule has 182 valence electrons. The van der Waals surface area contributed by atoms with Crippen LogP contribution >= 0.6 is 34.2 Å². The molecule has 0 saturated carbocycles. The van der Waals surface area contributed by atoms with Crippen LogP contribution in [0.5, 0.6) is 5.75 Å². The molecule has 1 amide bonds. The molecular weight excluding hydrogens is 563 g/mol. The Morgan fingerprint density at radius 3 is 2.82 bits per heavy atom. The normalized spacial score (nSPS) is 24.0. The molecule has 3 aliphatic rings. The van der Waals surface area contributed by atoms with Crippen molar-refractivity contribution in [3.05, 3.63) is 56.1 Å². The molecule has 7 heteroatoms. The Morgan fingerprint density at radius 1 is 1.26 bits per heavy atom. The van der Waals surface area contributed by atoms with E-state index >= 15 is 0 Å². The van der Waals surface area contributed by atoms with Crippen LogP contribution in [-0.4, -0.2) is 48.9 Å². The van der Waals surface area contributed by atoms with Gasteiger partial charge in [-0.1, -0.05) is 17.7 Å². The van der Waals surface area contributed by atoms with Gasteiger partial charge in [0.05, 0.1) is 18.3 Å². The van der Waals surface area contributed by atoms with E-state index in [1.807, 2.05) is 31.7 Å². The van der Waals surface area contributed by atoms with Gasteiger partial charge < -0.3 is 19.3 Å². The number of carbonyl (C=O) groups excluding carboxylic acids is 1. The number of hydrogen-bond acceptors (Lipinski definition) is 4. The first-order chi connectivity index (χ1) is 16.1. The van der Waals surface area contributed by atoms with Gasteiger partial charge in [0.2, 0.25) is 0 Å². The summed E-state index contributed by atoms with van der Waals surface area (Å²) < 4.78 is 13.4. The molecule has 2 atom stereocenters. The van der Waals surface area contributed by atoms with Gasteiger partial charge in [-0.25, -0.2) is 4.79 Å². The van der Waals surface area contributed by atoms with Gasteiger partial charge in [-0.15, -0.1) is 0 Å². The van der Waals surface area contributed by atoms with Gasteiger partial charge in [0.1, 0.15) is 11.4 Å². The number of nitrogens with zero attached hydrogens (tertiary/aromatic N) is 2. The molecule has 2 heterocycles. The van der Waals surface area contributed by atoms with E-state index < -0.39 is 5.60 Å². The SMILES string of the molecule is CC(C)(C)OC(=O)N1CC[C@@H]1CN1C[C@@]2(CCCc3cc(Cl)ccc32)COc2ccc(I)cc21. The second kappa shape index (κ2) is 9.08. The van der Waals surface area contributed by atoms with Gasteiger partial charge in [0.25, 0.3) is 0 Å². The lowest BCUT2D eigenvalue weighted by molar-refractivity contribution is -0.00388. The second-order valence-corrected chi connectivity index (χ2v) is 12.5. The van der Waals surface area contributed by atoms with E-state index in [1.54, 1.807) is 0 Å². The summed E-state index contributed by atoms with van der Waals surface area (Å²) in [6.45, 7) is 8.76. The van der Waals surface area contributed by atoms with Gasteiger partial charge in [0.15, 0.2) is 0 Å². The Labute approximate surface area is 220 Å². The summed E-state index contributed by atoms with van der Waals surface area (Å²) in [5.74, 6) is 0.918. The number of carbonyl (C=O) groups is 1. The molecule has 2 aliphatic heterocycles. The van der Waals surface area contributed by atoms with Crippen LogP contribution in [0.25, 0.3) is 0 Å². The average Bonchev–Trinajstić information content (AvgIpc) is 2.87. The third-order valence-corrected chi connectivity index (χ3v) is 8.11. The summed E-state index contributed by atoms with van der Waals surface area (Å²) in [5, 5.41) is 0.794. The van der Waals surface area contributed by atoms with Gasteiger partial charge >= 0.3 is 6.09 Å². The van der Waals surface area contributed by atoms with Crippen molar-refractivity contribution in [1.82, 2.24) is 4.90 Å². The van der Waals surface area contributed by atoms with Crippen LogP contribution in [0.4, 0.5) is 10.5 Å². The molecule has 5 nitrogen and oxygen atoms in total. The number of fused-ring (bicyclic) bond motifs is 3. The molecule has 1 aliphatic carbocycles. The van der Waals surface area contributed by atoms with E-state index in [9.17, 15) is 4.79 Å². The smallest absolute Gasteiger partial charge is 0.410 e. The average molecular weight is 595 g/mol. The van der Waals surface area contributed by atoms with Gasteiger partial charge in [-0.3, -0.25) is 0 Å². The minimum Gasteiger partial charge on any atom is -0.490 e. The Kier molecular flexibility index (Phi) is 6.42. The second-order valence-electron chi connectivity index (χ2n) is 10.8. The Bertz CT molecular complexity index is 1100. The lowest BCUT2D eigenvalue weighted by atomic mass is 9.70. The fourth-order valence-electron chi connectivity index (χ4n) is 5.53. The lowest BCUT2D eigenvalue weighted by Crippen LogP contribution is -2.58.